The molecule has 3 rings (SSSR count). The van der Waals surface area contributed by atoms with Crippen molar-refractivity contribution < 1.29 is 19.4 Å². The van der Waals surface area contributed by atoms with Gasteiger partial charge in [0.25, 0.3) is 0 Å². The van der Waals surface area contributed by atoms with Crippen LogP contribution in [0.2, 0.25) is 0 Å². The van der Waals surface area contributed by atoms with Crippen molar-refractivity contribution in [3.8, 4) is 22.1 Å². The molecule has 2 aromatic carbocycles. The maximum Gasteiger partial charge on any atom is 0.309 e. The number of ether oxygens (including phenoxy) is 2. The highest BCUT2D eigenvalue weighted by molar-refractivity contribution is 7.13. The Morgan fingerprint density at radius 1 is 1.19 bits per heavy atom. The summed E-state index contributed by atoms with van der Waals surface area (Å²) >= 11 is 1.41. The third-order valence-corrected chi connectivity index (χ3v) is 4.72. The maximum absolute atomic E-state index is 10.9. The molecule has 1 aromatic heterocycles. The van der Waals surface area contributed by atoms with E-state index < -0.39 is 5.97 Å². The molecule has 3 aromatic rings. The fourth-order valence-corrected chi connectivity index (χ4v) is 3.37. The molecule has 0 aliphatic rings. The van der Waals surface area contributed by atoms with E-state index >= 15 is 0 Å². The van der Waals surface area contributed by atoms with Crippen LogP contribution in [0.1, 0.15) is 11.3 Å². The Hall–Kier alpha value is -2.86. The number of carbonyl (C=O) groups is 1. The number of hydrogen-bond donors (Lipinski definition) is 1. The lowest BCUT2D eigenvalue weighted by Crippen LogP contribution is -2.03. The summed E-state index contributed by atoms with van der Waals surface area (Å²) in [6.07, 6.45) is 0.705. The fraction of sp³-hybridized carbons (Fsp3) is 0.200. The number of benzene rings is 2. The SMILES string of the molecule is COc1ccc(-c2nc(CC(=O)O)cs2)c(OCCc2ccccc2)c1. The average molecular weight is 369 g/mol. The van der Waals surface area contributed by atoms with Crippen LogP contribution in [0.3, 0.4) is 0 Å². The molecule has 0 aliphatic carbocycles. The van der Waals surface area contributed by atoms with Gasteiger partial charge in [0.15, 0.2) is 0 Å². The molecule has 0 saturated carbocycles. The van der Waals surface area contributed by atoms with E-state index in [1.54, 1.807) is 12.5 Å². The summed E-state index contributed by atoms with van der Waals surface area (Å²) in [5, 5.41) is 11.4. The van der Waals surface area contributed by atoms with Crippen molar-refractivity contribution in [2.45, 2.75) is 12.8 Å². The molecule has 0 bridgehead atoms. The first-order valence-corrected chi connectivity index (χ1v) is 9.05. The lowest BCUT2D eigenvalue weighted by molar-refractivity contribution is -0.136. The Labute approximate surface area is 155 Å². The number of carboxylic acid groups (broad SMARTS) is 1. The first-order chi connectivity index (χ1) is 12.7. The van der Waals surface area contributed by atoms with Crippen LogP contribution in [0, 0.1) is 0 Å². The van der Waals surface area contributed by atoms with Crippen LogP contribution in [0.15, 0.2) is 53.9 Å². The molecule has 0 radical (unpaired) electrons. The number of nitrogens with zero attached hydrogens (tertiary/aromatic N) is 1. The van der Waals surface area contributed by atoms with E-state index in [1.165, 1.54) is 16.9 Å². The van der Waals surface area contributed by atoms with Crippen LogP contribution in [0.25, 0.3) is 10.6 Å². The van der Waals surface area contributed by atoms with Crippen molar-refractivity contribution in [1.29, 1.82) is 0 Å². The summed E-state index contributed by atoms with van der Waals surface area (Å²) in [4.78, 5) is 15.3. The minimum absolute atomic E-state index is 0.0865. The van der Waals surface area contributed by atoms with Crippen LogP contribution in [-0.4, -0.2) is 29.8 Å². The van der Waals surface area contributed by atoms with Crippen molar-refractivity contribution in [3.05, 3.63) is 65.2 Å². The first-order valence-electron chi connectivity index (χ1n) is 8.17. The van der Waals surface area contributed by atoms with Crippen LogP contribution < -0.4 is 9.47 Å². The molecule has 6 heteroatoms. The number of aliphatic carboxylic acids is 1. The Bertz CT molecular complexity index is 877. The molecule has 0 atom stereocenters. The minimum Gasteiger partial charge on any atom is -0.497 e. The lowest BCUT2D eigenvalue weighted by Gasteiger charge is -2.12. The molecule has 134 valence electrons. The van der Waals surface area contributed by atoms with Gasteiger partial charge in [-0.3, -0.25) is 4.79 Å². The van der Waals surface area contributed by atoms with Gasteiger partial charge in [0.1, 0.15) is 16.5 Å². The lowest BCUT2D eigenvalue weighted by atomic mass is 10.1. The van der Waals surface area contributed by atoms with Crippen molar-refractivity contribution in [1.82, 2.24) is 4.98 Å². The number of methoxy groups -OCH3 is 1. The van der Waals surface area contributed by atoms with Crippen LogP contribution in [-0.2, 0) is 17.6 Å². The van der Waals surface area contributed by atoms with Gasteiger partial charge in [-0.05, 0) is 17.7 Å². The van der Waals surface area contributed by atoms with E-state index in [0.717, 1.165) is 17.0 Å². The smallest absolute Gasteiger partial charge is 0.309 e. The molecular weight excluding hydrogens is 350 g/mol. The van der Waals surface area contributed by atoms with Crippen LogP contribution in [0.4, 0.5) is 0 Å². The molecule has 1 N–H and O–H groups in total. The highest BCUT2D eigenvalue weighted by atomic mass is 32.1. The highest BCUT2D eigenvalue weighted by Crippen LogP contribution is 2.35. The topological polar surface area (TPSA) is 68.7 Å². The van der Waals surface area contributed by atoms with Gasteiger partial charge in [-0.15, -0.1) is 11.3 Å². The van der Waals surface area contributed by atoms with Gasteiger partial charge in [0, 0.05) is 17.9 Å². The monoisotopic (exact) mass is 369 g/mol. The molecular formula is C20H19NO4S. The normalized spacial score (nSPS) is 10.5. The van der Waals surface area contributed by atoms with Gasteiger partial charge in [-0.2, -0.15) is 0 Å². The van der Waals surface area contributed by atoms with E-state index in [0.29, 0.717) is 23.8 Å². The van der Waals surface area contributed by atoms with Gasteiger partial charge >= 0.3 is 5.97 Å². The van der Waals surface area contributed by atoms with Gasteiger partial charge in [-0.25, -0.2) is 4.98 Å². The third kappa shape index (κ3) is 4.61. The molecule has 26 heavy (non-hydrogen) atoms. The molecule has 5 nitrogen and oxygen atoms in total. The van der Waals surface area contributed by atoms with Crippen molar-refractivity contribution >= 4 is 17.3 Å². The molecule has 0 amide bonds. The molecule has 0 saturated heterocycles. The number of carboxylic acids is 1. The Morgan fingerprint density at radius 3 is 2.73 bits per heavy atom. The summed E-state index contributed by atoms with van der Waals surface area (Å²) in [6.45, 7) is 0.525. The van der Waals surface area contributed by atoms with E-state index in [4.69, 9.17) is 14.6 Å². The van der Waals surface area contributed by atoms with E-state index in [9.17, 15) is 4.79 Å². The zero-order chi connectivity index (χ0) is 18.4. The second kappa shape index (κ2) is 8.49. The third-order valence-electron chi connectivity index (χ3n) is 3.79. The van der Waals surface area contributed by atoms with Gasteiger partial charge in [0.2, 0.25) is 0 Å². The van der Waals surface area contributed by atoms with Crippen molar-refractivity contribution in [2.75, 3.05) is 13.7 Å². The van der Waals surface area contributed by atoms with Gasteiger partial charge in [0.05, 0.1) is 31.4 Å². The Balaban J connectivity index is 1.78. The van der Waals surface area contributed by atoms with Gasteiger partial charge < -0.3 is 14.6 Å². The molecule has 0 aliphatic heterocycles. The van der Waals surface area contributed by atoms with E-state index in [-0.39, 0.29) is 6.42 Å². The maximum atomic E-state index is 10.9. The van der Waals surface area contributed by atoms with Crippen LogP contribution >= 0.6 is 11.3 Å². The zero-order valence-corrected chi connectivity index (χ0v) is 15.2. The molecule has 0 fully saturated rings. The predicted molar refractivity (Wildman–Crippen MR) is 101 cm³/mol. The predicted octanol–water partition coefficient (Wildman–Crippen LogP) is 4.07. The molecule has 0 unspecified atom stereocenters. The Kier molecular flexibility index (Phi) is 5.86. The quantitative estimate of drug-likeness (QED) is 0.648. The minimum atomic E-state index is -0.893. The van der Waals surface area contributed by atoms with Gasteiger partial charge in [-0.1, -0.05) is 30.3 Å². The van der Waals surface area contributed by atoms with Crippen molar-refractivity contribution in [3.63, 3.8) is 0 Å². The summed E-state index contributed by atoms with van der Waals surface area (Å²) in [5.74, 6) is 0.484. The number of aromatic nitrogens is 1. The second-order valence-corrected chi connectivity index (χ2v) is 6.52. The average Bonchev–Trinajstić information content (AvgIpc) is 3.10. The molecule has 0 spiro atoms. The number of thiazole rings is 1. The summed E-state index contributed by atoms with van der Waals surface area (Å²) < 4.78 is 11.3. The largest absolute Gasteiger partial charge is 0.497 e. The second-order valence-electron chi connectivity index (χ2n) is 5.66. The standard InChI is InChI=1S/C20H19NO4S/c1-24-16-7-8-17(20-21-15(13-26-20)11-19(22)23)18(12-16)25-10-9-14-5-3-2-4-6-14/h2-8,12-13H,9-11H2,1H3,(H,22,23). The fourth-order valence-electron chi connectivity index (χ4n) is 2.52. The highest BCUT2D eigenvalue weighted by Gasteiger charge is 2.13. The van der Waals surface area contributed by atoms with Crippen LogP contribution in [0.5, 0.6) is 11.5 Å². The number of hydrogen-bond acceptors (Lipinski definition) is 5. The Morgan fingerprint density at radius 2 is 2.00 bits per heavy atom. The summed E-state index contributed by atoms with van der Waals surface area (Å²) in [5.41, 5.74) is 2.58. The van der Waals surface area contributed by atoms with E-state index in [1.807, 2.05) is 36.4 Å². The molecule has 1 heterocycles. The summed E-state index contributed by atoms with van der Waals surface area (Å²) in [7, 11) is 1.61. The zero-order valence-electron chi connectivity index (χ0n) is 14.3. The van der Waals surface area contributed by atoms with Crippen molar-refractivity contribution in [2.24, 2.45) is 0 Å². The first kappa shape index (κ1) is 17.9. The van der Waals surface area contributed by atoms with E-state index in [2.05, 4.69) is 17.1 Å². The number of rotatable bonds is 8. The summed E-state index contributed by atoms with van der Waals surface area (Å²) in [6, 6.07) is 15.7.